The highest BCUT2D eigenvalue weighted by atomic mass is 16.5. The first-order valence-corrected chi connectivity index (χ1v) is 11.3. The minimum absolute atomic E-state index is 0.124. The van der Waals surface area contributed by atoms with E-state index < -0.39 is 0 Å². The summed E-state index contributed by atoms with van der Waals surface area (Å²) in [5.74, 6) is 1.01. The molecule has 35 heavy (non-hydrogen) atoms. The Labute approximate surface area is 203 Å². The number of para-hydroxylation sites is 1. The molecular weight excluding hydrogens is 444 g/mol. The number of nitrogens with zero attached hydrogens (tertiary/aromatic N) is 2. The van der Waals surface area contributed by atoms with Gasteiger partial charge in [0.25, 0.3) is 5.91 Å². The van der Waals surface area contributed by atoms with E-state index in [9.17, 15) is 9.59 Å². The van der Waals surface area contributed by atoms with Gasteiger partial charge in [-0.2, -0.15) is 4.98 Å². The molecule has 8 heteroatoms. The van der Waals surface area contributed by atoms with E-state index in [1.165, 1.54) is 0 Å². The molecule has 0 fully saturated rings. The Morgan fingerprint density at radius 1 is 0.971 bits per heavy atom. The van der Waals surface area contributed by atoms with Gasteiger partial charge in [-0.1, -0.05) is 29.4 Å². The van der Waals surface area contributed by atoms with Crippen molar-refractivity contribution in [1.29, 1.82) is 0 Å². The largest absolute Gasteiger partial charge is 0.494 e. The fraction of sp³-hybridized carbons (Fsp3) is 0.185. The summed E-state index contributed by atoms with van der Waals surface area (Å²) < 4.78 is 10.7. The molecule has 2 amide bonds. The maximum Gasteiger partial charge on any atom is 0.257 e. The van der Waals surface area contributed by atoms with Crippen LogP contribution in [0.25, 0.3) is 11.4 Å². The quantitative estimate of drug-likeness (QED) is 0.345. The van der Waals surface area contributed by atoms with Gasteiger partial charge in [0, 0.05) is 24.1 Å². The minimum Gasteiger partial charge on any atom is -0.494 e. The highest BCUT2D eigenvalue weighted by Gasteiger charge is 2.15. The molecule has 178 valence electrons. The normalized spacial score (nSPS) is 10.6. The van der Waals surface area contributed by atoms with Crippen molar-refractivity contribution in [3.8, 4) is 17.1 Å². The number of hydrogen-bond donors (Lipinski definition) is 2. The van der Waals surface area contributed by atoms with Gasteiger partial charge in [-0.3, -0.25) is 9.59 Å². The molecule has 0 atom stereocenters. The van der Waals surface area contributed by atoms with Gasteiger partial charge in [0.1, 0.15) is 5.75 Å². The monoisotopic (exact) mass is 470 g/mol. The van der Waals surface area contributed by atoms with Crippen LogP contribution in [0.4, 0.5) is 11.4 Å². The lowest BCUT2D eigenvalue weighted by molar-refractivity contribution is -0.116. The zero-order valence-electron chi connectivity index (χ0n) is 19.6. The number of aromatic nitrogens is 2. The molecule has 4 rings (SSSR count). The summed E-state index contributed by atoms with van der Waals surface area (Å²) in [6.45, 7) is 4.47. The number of hydrogen-bond acceptors (Lipinski definition) is 6. The van der Waals surface area contributed by atoms with Gasteiger partial charge >= 0.3 is 0 Å². The van der Waals surface area contributed by atoms with Gasteiger partial charge in [-0.15, -0.1) is 0 Å². The van der Waals surface area contributed by atoms with Gasteiger partial charge in [0.2, 0.25) is 17.6 Å². The van der Waals surface area contributed by atoms with Crippen molar-refractivity contribution in [2.75, 3.05) is 17.2 Å². The number of carbonyl (C=O) groups excluding carboxylic acids is 2. The molecule has 0 aliphatic carbocycles. The molecular formula is C27H26N4O4. The van der Waals surface area contributed by atoms with Gasteiger partial charge in [-0.05, 0) is 67.9 Å². The molecule has 0 saturated heterocycles. The van der Waals surface area contributed by atoms with Gasteiger partial charge in [0.05, 0.1) is 17.9 Å². The summed E-state index contributed by atoms with van der Waals surface area (Å²) >= 11 is 0. The summed E-state index contributed by atoms with van der Waals surface area (Å²) in [7, 11) is 0. The van der Waals surface area contributed by atoms with E-state index in [0.717, 1.165) is 16.9 Å². The lowest BCUT2D eigenvalue weighted by Crippen LogP contribution is -2.18. The zero-order chi connectivity index (χ0) is 24.6. The molecule has 8 nitrogen and oxygen atoms in total. The third kappa shape index (κ3) is 6.32. The summed E-state index contributed by atoms with van der Waals surface area (Å²) in [5, 5.41) is 9.68. The number of ether oxygens (including phenoxy) is 1. The second-order valence-electron chi connectivity index (χ2n) is 7.89. The third-order valence-corrected chi connectivity index (χ3v) is 5.18. The van der Waals surface area contributed by atoms with Gasteiger partial charge in [-0.25, -0.2) is 0 Å². The Balaban J connectivity index is 1.35. The van der Waals surface area contributed by atoms with Crippen molar-refractivity contribution < 1.29 is 18.8 Å². The average molecular weight is 471 g/mol. The Kier molecular flexibility index (Phi) is 7.52. The second-order valence-corrected chi connectivity index (χ2v) is 7.89. The summed E-state index contributed by atoms with van der Waals surface area (Å²) in [6, 6.07) is 21.8. The zero-order valence-corrected chi connectivity index (χ0v) is 19.6. The Morgan fingerprint density at radius 3 is 2.54 bits per heavy atom. The van der Waals surface area contributed by atoms with Crippen molar-refractivity contribution >= 4 is 23.2 Å². The molecule has 0 aliphatic heterocycles. The Morgan fingerprint density at radius 2 is 1.77 bits per heavy atom. The number of aryl methyl sites for hydroxylation is 2. The molecule has 0 radical (unpaired) electrons. The highest BCUT2D eigenvalue weighted by Crippen LogP contribution is 2.21. The lowest BCUT2D eigenvalue weighted by atomic mass is 10.1. The van der Waals surface area contributed by atoms with E-state index in [-0.39, 0.29) is 24.7 Å². The summed E-state index contributed by atoms with van der Waals surface area (Å²) in [6.07, 6.45) is 0.395. The van der Waals surface area contributed by atoms with Crippen LogP contribution in [0, 0.1) is 6.92 Å². The fourth-order valence-corrected chi connectivity index (χ4v) is 3.49. The molecule has 0 bridgehead atoms. The van der Waals surface area contributed by atoms with Crippen molar-refractivity contribution in [3.05, 3.63) is 89.8 Å². The van der Waals surface area contributed by atoms with Crippen LogP contribution in [0.5, 0.6) is 5.75 Å². The van der Waals surface area contributed by atoms with E-state index in [0.29, 0.717) is 35.3 Å². The van der Waals surface area contributed by atoms with Crippen LogP contribution in [-0.4, -0.2) is 28.6 Å². The Bertz CT molecular complexity index is 1310. The van der Waals surface area contributed by atoms with Crippen molar-refractivity contribution in [2.45, 2.75) is 26.7 Å². The predicted molar refractivity (Wildman–Crippen MR) is 133 cm³/mol. The molecule has 0 aliphatic rings. The van der Waals surface area contributed by atoms with Crippen LogP contribution in [0.3, 0.4) is 0 Å². The first kappa shape index (κ1) is 23.7. The maximum absolute atomic E-state index is 12.8. The molecule has 3 aromatic carbocycles. The smallest absolute Gasteiger partial charge is 0.257 e. The first-order valence-electron chi connectivity index (χ1n) is 11.3. The number of anilines is 2. The number of carbonyl (C=O) groups is 2. The van der Waals surface area contributed by atoms with Crippen LogP contribution in [-0.2, 0) is 11.2 Å². The standard InChI is InChI=1S/C27H26N4O4/c1-3-34-21-13-11-19(12-14-21)26-30-25(35-31-26)16-15-24(32)29-23-10-5-4-9-22(23)27(33)28-20-8-6-7-18(2)17-20/h4-14,17H,3,15-16H2,1-2H3,(H,28,33)(H,29,32). The number of nitrogens with one attached hydrogen (secondary N) is 2. The van der Waals surface area contributed by atoms with Crippen molar-refractivity contribution in [1.82, 2.24) is 10.1 Å². The minimum atomic E-state index is -0.302. The van der Waals surface area contributed by atoms with Gasteiger partial charge < -0.3 is 19.9 Å². The van der Waals surface area contributed by atoms with E-state index >= 15 is 0 Å². The van der Waals surface area contributed by atoms with E-state index in [1.807, 2.05) is 62.4 Å². The lowest BCUT2D eigenvalue weighted by Gasteiger charge is -2.11. The van der Waals surface area contributed by atoms with Gasteiger partial charge in [0.15, 0.2) is 0 Å². The number of benzene rings is 3. The topological polar surface area (TPSA) is 106 Å². The van der Waals surface area contributed by atoms with Crippen molar-refractivity contribution in [3.63, 3.8) is 0 Å². The molecule has 4 aromatic rings. The summed E-state index contributed by atoms with van der Waals surface area (Å²) in [4.78, 5) is 29.8. The van der Waals surface area contributed by atoms with E-state index in [4.69, 9.17) is 9.26 Å². The second kappa shape index (κ2) is 11.1. The highest BCUT2D eigenvalue weighted by molar-refractivity contribution is 6.10. The Hall–Kier alpha value is -4.46. The molecule has 0 unspecified atom stereocenters. The van der Waals surface area contributed by atoms with Crippen LogP contribution in [0.2, 0.25) is 0 Å². The number of rotatable bonds is 9. The molecule has 2 N–H and O–H groups in total. The van der Waals surface area contributed by atoms with Crippen molar-refractivity contribution in [2.24, 2.45) is 0 Å². The van der Waals surface area contributed by atoms with E-state index in [1.54, 1.807) is 24.3 Å². The van der Waals surface area contributed by atoms with Crippen LogP contribution in [0.1, 0.15) is 35.2 Å². The van der Waals surface area contributed by atoms with Crippen LogP contribution in [0.15, 0.2) is 77.3 Å². The third-order valence-electron chi connectivity index (χ3n) is 5.18. The molecule has 0 spiro atoms. The molecule has 0 saturated carbocycles. The van der Waals surface area contributed by atoms with E-state index in [2.05, 4.69) is 20.8 Å². The SMILES string of the molecule is CCOc1ccc(-c2noc(CCC(=O)Nc3ccccc3C(=O)Nc3cccc(C)c3)n2)cc1. The maximum atomic E-state index is 12.8. The van der Waals surface area contributed by atoms with Crippen LogP contribution >= 0.6 is 0 Å². The fourth-order valence-electron chi connectivity index (χ4n) is 3.49. The first-order chi connectivity index (χ1) is 17.0. The summed E-state index contributed by atoms with van der Waals surface area (Å²) in [5.41, 5.74) is 3.33. The number of amides is 2. The average Bonchev–Trinajstić information content (AvgIpc) is 3.33. The van der Waals surface area contributed by atoms with Crippen LogP contribution < -0.4 is 15.4 Å². The molecule has 1 heterocycles. The molecule has 1 aromatic heterocycles. The predicted octanol–water partition coefficient (Wildman–Crippen LogP) is 5.27.